The second kappa shape index (κ2) is 6.95. The van der Waals surface area contributed by atoms with Gasteiger partial charge in [-0.3, -0.25) is 0 Å². The molecule has 1 aromatic heterocycles. The lowest BCUT2D eigenvalue weighted by molar-refractivity contribution is 0.394. The van der Waals surface area contributed by atoms with Crippen molar-refractivity contribution in [1.29, 1.82) is 0 Å². The predicted molar refractivity (Wildman–Crippen MR) is 94.7 cm³/mol. The highest BCUT2D eigenvalue weighted by molar-refractivity contribution is 7.89. The molecule has 3 rings (SSSR count). The van der Waals surface area contributed by atoms with E-state index < -0.39 is 10.0 Å². The van der Waals surface area contributed by atoms with Crippen LogP contribution in [-0.2, 0) is 16.6 Å². The van der Waals surface area contributed by atoms with Crippen molar-refractivity contribution in [2.75, 3.05) is 0 Å². The smallest absolute Gasteiger partial charge is 0.241 e. The van der Waals surface area contributed by atoms with E-state index >= 15 is 0 Å². The lowest BCUT2D eigenvalue weighted by atomic mass is 10.1. The lowest BCUT2D eigenvalue weighted by Crippen LogP contribution is -2.24. The van der Waals surface area contributed by atoms with Gasteiger partial charge in [0.15, 0.2) is 0 Å². The molecule has 0 fully saturated rings. The normalized spacial score (nSPS) is 11.6. The molecular weight excluding hydrogens is 362 g/mol. The Morgan fingerprint density at radius 2 is 1.92 bits per heavy atom. The topological polar surface area (TPSA) is 85.1 Å². The maximum Gasteiger partial charge on any atom is 0.241 e. The largest absolute Gasteiger partial charge is 0.339 e. The summed E-state index contributed by atoms with van der Waals surface area (Å²) >= 11 is 6.08. The van der Waals surface area contributed by atoms with Gasteiger partial charge in [0.1, 0.15) is 0 Å². The third-order valence-corrected chi connectivity index (χ3v) is 5.59. The molecule has 0 aliphatic carbocycles. The van der Waals surface area contributed by atoms with Crippen LogP contribution in [-0.4, -0.2) is 18.6 Å². The Balaban J connectivity index is 1.90. The van der Waals surface area contributed by atoms with Crippen molar-refractivity contribution in [3.8, 4) is 11.4 Å². The average Bonchev–Trinajstić information content (AvgIpc) is 3.01. The summed E-state index contributed by atoms with van der Waals surface area (Å²) in [6.45, 7) is 3.51. The van der Waals surface area contributed by atoms with Crippen molar-refractivity contribution in [2.45, 2.75) is 25.3 Å². The number of sulfonamides is 1. The fourth-order valence-electron chi connectivity index (χ4n) is 2.34. The van der Waals surface area contributed by atoms with Crippen molar-refractivity contribution >= 4 is 21.6 Å². The first-order valence-electron chi connectivity index (χ1n) is 7.51. The number of nitrogens with zero attached hydrogens (tertiary/aromatic N) is 2. The van der Waals surface area contributed by atoms with Crippen LogP contribution in [0.2, 0.25) is 5.02 Å². The van der Waals surface area contributed by atoms with Crippen molar-refractivity contribution in [3.05, 3.63) is 64.5 Å². The van der Waals surface area contributed by atoms with Crippen molar-refractivity contribution in [3.63, 3.8) is 0 Å². The molecule has 0 aliphatic heterocycles. The molecule has 3 aromatic rings. The molecule has 0 spiro atoms. The summed E-state index contributed by atoms with van der Waals surface area (Å²) in [6.07, 6.45) is 0. The minimum absolute atomic E-state index is 0.104. The molecule has 0 aliphatic rings. The van der Waals surface area contributed by atoms with Gasteiger partial charge in [0, 0.05) is 24.1 Å². The number of aryl methyl sites for hydroxylation is 2. The Hall–Kier alpha value is -2.22. The SMILES string of the molecule is Cc1nc(-c2ccc(C)c(S(=O)(=O)NCc3ccccc3Cl)c2)no1. The summed E-state index contributed by atoms with van der Waals surface area (Å²) in [4.78, 5) is 4.29. The van der Waals surface area contributed by atoms with E-state index in [1.54, 1.807) is 50.2 Å². The molecule has 0 saturated carbocycles. The molecule has 0 atom stereocenters. The van der Waals surface area contributed by atoms with Gasteiger partial charge in [-0.25, -0.2) is 13.1 Å². The Bertz CT molecular complexity index is 1020. The summed E-state index contributed by atoms with van der Waals surface area (Å²) in [7, 11) is -3.72. The van der Waals surface area contributed by atoms with E-state index in [-0.39, 0.29) is 11.4 Å². The molecule has 2 aromatic carbocycles. The van der Waals surface area contributed by atoms with Crippen LogP contribution in [0.25, 0.3) is 11.4 Å². The molecule has 0 radical (unpaired) electrons. The fraction of sp³-hybridized carbons (Fsp3) is 0.176. The van der Waals surface area contributed by atoms with Crippen LogP contribution in [0.5, 0.6) is 0 Å². The maximum absolute atomic E-state index is 12.7. The van der Waals surface area contributed by atoms with Gasteiger partial charge in [0.25, 0.3) is 0 Å². The minimum atomic E-state index is -3.72. The van der Waals surface area contributed by atoms with E-state index in [0.29, 0.717) is 33.4 Å². The number of benzene rings is 2. The second-order valence-corrected chi connectivity index (χ2v) is 7.68. The molecule has 0 saturated heterocycles. The van der Waals surface area contributed by atoms with Crippen molar-refractivity contribution in [1.82, 2.24) is 14.9 Å². The number of rotatable bonds is 5. The zero-order valence-electron chi connectivity index (χ0n) is 13.7. The monoisotopic (exact) mass is 377 g/mol. The van der Waals surface area contributed by atoms with Crippen molar-refractivity contribution in [2.24, 2.45) is 0 Å². The summed E-state index contributed by atoms with van der Waals surface area (Å²) in [5.41, 5.74) is 1.89. The summed E-state index contributed by atoms with van der Waals surface area (Å²) in [5, 5.41) is 4.34. The minimum Gasteiger partial charge on any atom is -0.339 e. The van der Waals surface area contributed by atoms with Crippen LogP contribution in [0, 0.1) is 13.8 Å². The molecule has 1 heterocycles. The van der Waals surface area contributed by atoms with Gasteiger partial charge in [0.05, 0.1) is 4.90 Å². The third-order valence-electron chi connectivity index (χ3n) is 3.67. The van der Waals surface area contributed by atoms with Gasteiger partial charge < -0.3 is 4.52 Å². The molecule has 0 unspecified atom stereocenters. The highest BCUT2D eigenvalue weighted by atomic mass is 35.5. The first kappa shape index (κ1) is 17.6. The molecule has 0 bridgehead atoms. The third kappa shape index (κ3) is 3.89. The average molecular weight is 378 g/mol. The van der Waals surface area contributed by atoms with E-state index in [1.807, 2.05) is 0 Å². The van der Waals surface area contributed by atoms with E-state index in [9.17, 15) is 8.42 Å². The summed E-state index contributed by atoms with van der Waals surface area (Å²) < 4.78 is 32.9. The van der Waals surface area contributed by atoms with Gasteiger partial charge in [-0.05, 0) is 30.2 Å². The Kier molecular flexibility index (Phi) is 4.89. The number of nitrogens with one attached hydrogen (secondary N) is 1. The van der Waals surface area contributed by atoms with Gasteiger partial charge in [-0.15, -0.1) is 0 Å². The molecule has 8 heteroatoms. The highest BCUT2D eigenvalue weighted by Crippen LogP contribution is 2.24. The number of aromatic nitrogens is 2. The molecule has 130 valence electrons. The fourth-order valence-corrected chi connectivity index (χ4v) is 3.82. The number of hydrogen-bond donors (Lipinski definition) is 1. The van der Waals surface area contributed by atoms with Crippen LogP contribution in [0.3, 0.4) is 0 Å². The molecule has 1 N–H and O–H groups in total. The Morgan fingerprint density at radius 1 is 1.16 bits per heavy atom. The summed E-state index contributed by atoms with van der Waals surface area (Å²) in [5.74, 6) is 0.761. The maximum atomic E-state index is 12.7. The first-order valence-corrected chi connectivity index (χ1v) is 9.37. The lowest BCUT2D eigenvalue weighted by Gasteiger charge is -2.11. The highest BCUT2D eigenvalue weighted by Gasteiger charge is 2.19. The standard InChI is InChI=1S/C17H16ClN3O3S/c1-11-7-8-13(17-20-12(2)24-21-17)9-16(11)25(22,23)19-10-14-5-3-4-6-15(14)18/h3-9,19H,10H2,1-2H3. The quantitative estimate of drug-likeness (QED) is 0.735. The zero-order chi connectivity index (χ0) is 18.0. The molecule has 0 amide bonds. The van der Waals surface area contributed by atoms with E-state index in [4.69, 9.17) is 16.1 Å². The molecule has 6 nitrogen and oxygen atoms in total. The van der Waals surface area contributed by atoms with Crippen molar-refractivity contribution < 1.29 is 12.9 Å². The zero-order valence-corrected chi connectivity index (χ0v) is 15.2. The van der Waals surface area contributed by atoms with E-state index in [2.05, 4.69) is 14.9 Å². The molecular formula is C17H16ClN3O3S. The van der Waals surface area contributed by atoms with Crippen LogP contribution in [0.4, 0.5) is 0 Å². The van der Waals surface area contributed by atoms with E-state index in [0.717, 1.165) is 0 Å². The van der Waals surface area contributed by atoms with Crippen LogP contribution >= 0.6 is 11.6 Å². The summed E-state index contributed by atoms with van der Waals surface area (Å²) in [6, 6.07) is 12.1. The van der Waals surface area contributed by atoms with Crippen LogP contribution in [0.1, 0.15) is 17.0 Å². The number of hydrogen-bond acceptors (Lipinski definition) is 5. The van der Waals surface area contributed by atoms with Gasteiger partial charge in [0.2, 0.25) is 21.7 Å². The second-order valence-electron chi connectivity index (χ2n) is 5.53. The Morgan fingerprint density at radius 3 is 2.60 bits per heavy atom. The van der Waals surface area contributed by atoms with E-state index in [1.165, 1.54) is 6.07 Å². The Labute approximate surface area is 150 Å². The van der Waals surface area contributed by atoms with Gasteiger partial charge >= 0.3 is 0 Å². The van der Waals surface area contributed by atoms with Gasteiger partial charge in [-0.2, -0.15) is 4.98 Å². The van der Waals surface area contributed by atoms with Crippen LogP contribution in [0.15, 0.2) is 51.9 Å². The first-order chi connectivity index (χ1) is 11.9. The number of halogens is 1. The van der Waals surface area contributed by atoms with Gasteiger partial charge in [-0.1, -0.05) is 47.1 Å². The molecule has 25 heavy (non-hydrogen) atoms. The predicted octanol–water partition coefficient (Wildman–Crippen LogP) is 3.49. The van der Waals surface area contributed by atoms with Crippen LogP contribution < -0.4 is 4.72 Å².